The van der Waals surface area contributed by atoms with Crippen LogP contribution in [-0.4, -0.2) is 8.32 Å². The predicted octanol–water partition coefficient (Wildman–Crippen LogP) is 5.38. The van der Waals surface area contributed by atoms with Gasteiger partial charge in [0.1, 0.15) is 5.76 Å². The first-order chi connectivity index (χ1) is 8.74. The third-order valence-electron chi connectivity index (χ3n) is 2.78. The molecule has 1 aromatic carbocycles. The number of rotatable bonds is 4. The molecule has 0 aliphatic carbocycles. The fourth-order valence-electron chi connectivity index (χ4n) is 2.25. The summed E-state index contributed by atoms with van der Waals surface area (Å²) in [5.74, 6) is 1.01. The maximum absolute atomic E-state index is 6.28. The second kappa shape index (κ2) is 6.24. The lowest BCUT2D eigenvalue weighted by Gasteiger charge is -2.24. The van der Waals surface area contributed by atoms with Crippen molar-refractivity contribution in [3.63, 3.8) is 0 Å². The van der Waals surface area contributed by atoms with Crippen molar-refractivity contribution in [1.29, 1.82) is 0 Å². The molecule has 0 fully saturated rings. The quantitative estimate of drug-likeness (QED) is 0.407. The first kappa shape index (κ1) is 15.8. The van der Waals surface area contributed by atoms with Crippen LogP contribution in [0.5, 0.6) is 0 Å². The number of aryl methyl sites for hydroxylation is 3. The lowest BCUT2D eigenvalue weighted by Crippen LogP contribution is -2.24. The van der Waals surface area contributed by atoms with Gasteiger partial charge in [-0.25, -0.2) is 0 Å². The summed E-state index contributed by atoms with van der Waals surface area (Å²) in [5, 5.41) is 0. The highest BCUT2D eigenvalue weighted by Crippen LogP contribution is 2.28. The second-order valence-electron chi connectivity index (χ2n) is 6.04. The molecular weight excluding hydrogens is 248 g/mol. The van der Waals surface area contributed by atoms with E-state index in [0.29, 0.717) is 0 Å². The van der Waals surface area contributed by atoms with E-state index in [2.05, 4.69) is 58.6 Å². The highest BCUT2D eigenvalue weighted by Gasteiger charge is 2.20. The lowest BCUT2D eigenvalue weighted by atomic mass is 9.98. The van der Waals surface area contributed by atoms with Gasteiger partial charge in [0.25, 0.3) is 0 Å². The van der Waals surface area contributed by atoms with Crippen LogP contribution in [0.4, 0.5) is 0 Å². The lowest BCUT2D eigenvalue weighted by molar-refractivity contribution is 0.513. The molecule has 0 bridgehead atoms. The largest absolute Gasteiger partial charge is 0.544 e. The fraction of sp³-hybridized carbons (Fsp3) is 0.412. The monoisotopic (exact) mass is 274 g/mol. The van der Waals surface area contributed by atoms with Crippen molar-refractivity contribution in [3.8, 4) is 0 Å². The zero-order valence-electron chi connectivity index (χ0n) is 13.3. The van der Waals surface area contributed by atoms with Crippen molar-refractivity contribution in [2.75, 3.05) is 0 Å². The Morgan fingerprint density at radius 3 is 2.00 bits per heavy atom. The predicted molar refractivity (Wildman–Crippen MR) is 87.9 cm³/mol. The molecule has 0 radical (unpaired) electrons. The summed E-state index contributed by atoms with van der Waals surface area (Å²) >= 11 is 0. The van der Waals surface area contributed by atoms with Gasteiger partial charge in [0.05, 0.1) is 0 Å². The molecule has 0 N–H and O–H groups in total. The van der Waals surface area contributed by atoms with Crippen LogP contribution >= 0.6 is 0 Å². The molecular formula is C17H26OSi. The standard InChI is InChI=1S/C17H26OSi/c1-8-9-10-16(18-19(5,6)7)17-14(3)11-13(2)12-15(17)4/h8-12H,1-7H3/b9-8-,16-10+. The zero-order chi connectivity index (χ0) is 14.6. The molecule has 0 spiro atoms. The SMILES string of the molecule is C/C=C\C=C(\O[Si](C)(C)C)c1c(C)cc(C)cc1C. The van der Waals surface area contributed by atoms with Crippen molar-refractivity contribution >= 4 is 14.1 Å². The molecule has 0 aromatic heterocycles. The molecule has 0 amide bonds. The van der Waals surface area contributed by atoms with Crippen LogP contribution in [0.15, 0.2) is 30.4 Å². The third kappa shape index (κ3) is 4.71. The summed E-state index contributed by atoms with van der Waals surface area (Å²) in [6.07, 6.45) is 6.17. The van der Waals surface area contributed by atoms with Crippen LogP contribution in [-0.2, 0) is 4.43 Å². The summed E-state index contributed by atoms with van der Waals surface area (Å²) < 4.78 is 6.28. The Hall–Kier alpha value is -1.28. The van der Waals surface area contributed by atoms with Gasteiger partial charge in [-0.15, -0.1) is 0 Å². The summed E-state index contributed by atoms with van der Waals surface area (Å²) in [7, 11) is -1.61. The van der Waals surface area contributed by atoms with Gasteiger partial charge in [-0.1, -0.05) is 29.8 Å². The Morgan fingerprint density at radius 2 is 1.58 bits per heavy atom. The molecule has 19 heavy (non-hydrogen) atoms. The fourth-order valence-corrected chi connectivity index (χ4v) is 3.08. The molecule has 104 valence electrons. The highest BCUT2D eigenvalue weighted by atomic mass is 28.4. The molecule has 0 saturated carbocycles. The Morgan fingerprint density at radius 1 is 1.05 bits per heavy atom. The van der Waals surface area contributed by atoms with Crippen molar-refractivity contribution in [2.45, 2.75) is 47.3 Å². The van der Waals surface area contributed by atoms with Gasteiger partial charge in [-0.3, -0.25) is 0 Å². The normalized spacial score (nSPS) is 13.1. The maximum Gasteiger partial charge on any atom is 0.242 e. The van der Waals surface area contributed by atoms with Crippen molar-refractivity contribution in [2.24, 2.45) is 0 Å². The number of allylic oxidation sites excluding steroid dienone is 3. The summed E-state index contributed by atoms with van der Waals surface area (Å²) in [4.78, 5) is 0. The van der Waals surface area contributed by atoms with Gasteiger partial charge in [-0.05, 0) is 64.5 Å². The van der Waals surface area contributed by atoms with Gasteiger partial charge >= 0.3 is 0 Å². The smallest absolute Gasteiger partial charge is 0.242 e. The van der Waals surface area contributed by atoms with E-state index in [-0.39, 0.29) is 0 Å². The minimum absolute atomic E-state index is 1.01. The van der Waals surface area contributed by atoms with Crippen LogP contribution in [0, 0.1) is 20.8 Å². The summed E-state index contributed by atoms with van der Waals surface area (Å²) in [6.45, 7) is 15.1. The summed E-state index contributed by atoms with van der Waals surface area (Å²) in [5.41, 5.74) is 5.11. The maximum atomic E-state index is 6.28. The van der Waals surface area contributed by atoms with Gasteiger partial charge in [0.15, 0.2) is 0 Å². The van der Waals surface area contributed by atoms with Gasteiger partial charge in [0, 0.05) is 5.56 Å². The molecule has 0 aliphatic rings. The first-order valence-corrected chi connectivity index (χ1v) is 10.3. The number of hydrogen-bond acceptors (Lipinski definition) is 1. The minimum Gasteiger partial charge on any atom is -0.544 e. The number of hydrogen-bond donors (Lipinski definition) is 0. The molecule has 0 aliphatic heterocycles. The van der Waals surface area contributed by atoms with Crippen LogP contribution < -0.4 is 0 Å². The van der Waals surface area contributed by atoms with Gasteiger partial charge < -0.3 is 4.43 Å². The Kier molecular flexibility index (Phi) is 5.18. The molecule has 1 rings (SSSR count). The first-order valence-electron chi connectivity index (χ1n) is 6.85. The van der Waals surface area contributed by atoms with E-state index in [1.54, 1.807) is 0 Å². The van der Waals surface area contributed by atoms with Crippen LogP contribution in [0.1, 0.15) is 29.2 Å². The second-order valence-corrected chi connectivity index (χ2v) is 10.5. The molecule has 1 aromatic rings. The Labute approximate surface area is 119 Å². The van der Waals surface area contributed by atoms with Crippen molar-refractivity contribution in [1.82, 2.24) is 0 Å². The van der Waals surface area contributed by atoms with E-state index in [1.165, 1.54) is 22.3 Å². The molecule has 0 unspecified atom stereocenters. The topological polar surface area (TPSA) is 9.23 Å². The summed E-state index contributed by atoms with van der Waals surface area (Å²) in [6, 6.07) is 4.44. The average molecular weight is 274 g/mol. The Balaban J connectivity index is 3.34. The highest BCUT2D eigenvalue weighted by molar-refractivity contribution is 6.70. The molecule has 0 heterocycles. The molecule has 1 nitrogen and oxygen atoms in total. The van der Waals surface area contributed by atoms with Crippen LogP contribution in [0.3, 0.4) is 0 Å². The average Bonchev–Trinajstić information content (AvgIpc) is 2.22. The van der Waals surface area contributed by atoms with E-state index >= 15 is 0 Å². The van der Waals surface area contributed by atoms with Crippen LogP contribution in [0.25, 0.3) is 5.76 Å². The number of benzene rings is 1. The zero-order valence-corrected chi connectivity index (χ0v) is 14.3. The molecule has 2 heteroatoms. The van der Waals surface area contributed by atoms with E-state index in [9.17, 15) is 0 Å². The Bertz CT molecular complexity index is 481. The third-order valence-corrected chi connectivity index (χ3v) is 3.61. The van der Waals surface area contributed by atoms with Crippen molar-refractivity contribution in [3.05, 3.63) is 52.6 Å². The van der Waals surface area contributed by atoms with Crippen molar-refractivity contribution < 1.29 is 4.43 Å². The van der Waals surface area contributed by atoms with Gasteiger partial charge in [-0.2, -0.15) is 0 Å². The van der Waals surface area contributed by atoms with E-state index < -0.39 is 8.32 Å². The molecule has 0 saturated heterocycles. The van der Waals surface area contributed by atoms with E-state index in [4.69, 9.17) is 4.43 Å². The van der Waals surface area contributed by atoms with E-state index in [1.807, 2.05) is 19.1 Å². The van der Waals surface area contributed by atoms with E-state index in [0.717, 1.165) is 5.76 Å². The van der Waals surface area contributed by atoms with Gasteiger partial charge in [0.2, 0.25) is 8.32 Å². The minimum atomic E-state index is -1.61. The molecule has 0 atom stereocenters. The van der Waals surface area contributed by atoms with Crippen LogP contribution in [0.2, 0.25) is 19.6 Å².